The summed E-state index contributed by atoms with van der Waals surface area (Å²) in [5, 5.41) is 4.79. The van der Waals surface area contributed by atoms with E-state index < -0.39 is 0 Å². The Labute approximate surface area is 173 Å². The summed E-state index contributed by atoms with van der Waals surface area (Å²) in [4.78, 5) is 19.2. The van der Waals surface area contributed by atoms with Crippen LogP contribution in [0.5, 0.6) is 5.75 Å². The monoisotopic (exact) mass is 411 g/mol. The van der Waals surface area contributed by atoms with Crippen molar-refractivity contribution in [1.82, 2.24) is 4.98 Å². The van der Waals surface area contributed by atoms with Gasteiger partial charge < -0.3 is 15.0 Å². The van der Waals surface area contributed by atoms with Crippen molar-refractivity contribution < 1.29 is 13.9 Å². The number of piperidine rings is 1. The van der Waals surface area contributed by atoms with Crippen LogP contribution >= 0.6 is 11.3 Å². The van der Waals surface area contributed by atoms with Crippen LogP contribution in [0, 0.1) is 5.82 Å². The number of nitrogens with one attached hydrogen (secondary N) is 1. The van der Waals surface area contributed by atoms with E-state index in [2.05, 4.69) is 15.2 Å². The number of rotatable bonds is 6. The maximum absolute atomic E-state index is 13.9. The van der Waals surface area contributed by atoms with Gasteiger partial charge in [-0.25, -0.2) is 9.37 Å². The third-order valence-corrected chi connectivity index (χ3v) is 5.51. The Morgan fingerprint density at radius 2 is 2.03 bits per heavy atom. The van der Waals surface area contributed by atoms with Crippen molar-refractivity contribution in [3.8, 4) is 5.75 Å². The molecule has 0 bridgehead atoms. The summed E-state index contributed by atoms with van der Waals surface area (Å²) in [6.45, 7) is 2.17. The molecule has 0 radical (unpaired) electrons. The summed E-state index contributed by atoms with van der Waals surface area (Å²) < 4.78 is 19.6. The molecule has 3 aromatic rings. The molecule has 1 aliphatic heterocycles. The van der Waals surface area contributed by atoms with Gasteiger partial charge in [-0.2, -0.15) is 0 Å². The van der Waals surface area contributed by atoms with Gasteiger partial charge in [-0.1, -0.05) is 6.07 Å². The number of aromatic nitrogens is 1. The van der Waals surface area contributed by atoms with Crippen molar-refractivity contribution in [2.24, 2.45) is 0 Å². The van der Waals surface area contributed by atoms with Gasteiger partial charge in [0.05, 0.1) is 22.6 Å². The number of ether oxygens (including phenoxy) is 1. The molecular formula is C22H22FN3O2S. The van der Waals surface area contributed by atoms with Crippen LogP contribution in [0.2, 0.25) is 0 Å². The van der Waals surface area contributed by atoms with E-state index in [4.69, 9.17) is 4.74 Å². The van der Waals surface area contributed by atoms with E-state index >= 15 is 0 Å². The molecule has 1 fully saturated rings. The summed E-state index contributed by atoms with van der Waals surface area (Å²) >= 11 is 1.51. The number of nitrogens with zero attached hydrogens (tertiary/aromatic N) is 2. The summed E-state index contributed by atoms with van der Waals surface area (Å²) in [6, 6.07) is 11.5. The lowest BCUT2D eigenvalue weighted by Crippen LogP contribution is -2.30. The second-order valence-corrected chi connectivity index (χ2v) is 7.68. The van der Waals surface area contributed by atoms with E-state index in [1.54, 1.807) is 35.8 Å². The molecule has 4 rings (SSSR count). The van der Waals surface area contributed by atoms with Gasteiger partial charge in [0.15, 0.2) is 0 Å². The summed E-state index contributed by atoms with van der Waals surface area (Å²) in [7, 11) is 0. The van der Waals surface area contributed by atoms with Gasteiger partial charge in [-0.05, 0) is 55.7 Å². The highest BCUT2D eigenvalue weighted by atomic mass is 32.1. The van der Waals surface area contributed by atoms with Gasteiger partial charge in [0.25, 0.3) is 5.91 Å². The average molecular weight is 412 g/mol. The first-order valence-corrected chi connectivity index (χ1v) is 10.6. The second-order valence-electron chi connectivity index (χ2n) is 6.96. The van der Waals surface area contributed by atoms with Gasteiger partial charge in [-0.3, -0.25) is 4.79 Å². The minimum absolute atomic E-state index is 0.298. The van der Waals surface area contributed by atoms with Crippen LogP contribution in [0.1, 0.15) is 35.3 Å². The van der Waals surface area contributed by atoms with Gasteiger partial charge in [0.2, 0.25) is 0 Å². The zero-order chi connectivity index (χ0) is 20.1. The molecule has 1 N–H and O–H groups in total. The number of halogens is 1. The van der Waals surface area contributed by atoms with Crippen LogP contribution in [0.25, 0.3) is 0 Å². The van der Waals surface area contributed by atoms with Gasteiger partial charge in [0.1, 0.15) is 18.2 Å². The smallest absolute Gasteiger partial charge is 0.255 e. The summed E-state index contributed by atoms with van der Waals surface area (Å²) in [5.41, 5.74) is 4.40. The molecule has 2 aromatic carbocycles. The fraction of sp³-hybridized carbons (Fsp3) is 0.273. The zero-order valence-electron chi connectivity index (χ0n) is 15.9. The third-order valence-electron chi connectivity index (χ3n) is 4.87. The van der Waals surface area contributed by atoms with Crippen LogP contribution in [0.3, 0.4) is 0 Å². The molecule has 1 aromatic heterocycles. The molecule has 29 heavy (non-hydrogen) atoms. The number of benzene rings is 2. The van der Waals surface area contributed by atoms with E-state index in [1.165, 1.54) is 29.9 Å². The number of hydrogen-bond acceptors (Lipinski definition) is 5. The lowest BCUT2D eigenvalue weighted by molar-refractivity contribution is 0.102. The molecule has 0 spiro atoms. The van der Waals surface area contributed by atoms with Crippen molar-refractivity contribution in [3.63, 3.8) is 0 Å². The Kier molecular flexibility index (Phi) is 6.05. The van der Waals surface area contributed by atoms with Crippen LogP contribution < -0.4 is 15.0 Å². The van der Waals surface area contributed by atoms with Crippen LogP contribution in [0.15, 0.2) is 53.4 Å². The van der Waals surface area contributed by atoms with Crippen LogP contribution in [-0.4, -0.2) is 24.0 Å². The van der Waals surface area contributed by atoms with E-state index in [1.807, 2.05) is 5.38 Å². The molecule has 150 valence electrons. The first-order chi connectivity index (χ1) is 14.2. The molecule has 0 atom stereocenters. The molecule has 7 heteroatoms. The highest BCUT2D eigenvalue weighted by Gasteiger charge is 2.17. The minimum atomic E-state index is -0.374. The normalized spacial score (nSPS) is 13.9. The first-order valence-electron chi connectivity index (χ1n) is 9.65. The Bertz CT molecular complexity index is 972. The van der Waals surface area contributed by atoms with Gasteiger partial charge >= 0.3 is 0 Å². The number of carbonyl (C=O) groups excluding carboxylic acids is 1. The van der Waals surface area contributed by atoms with Crippen LogP contribution in [-0.2, 0) is 6.61 Å². The van der Waals surface area contributed by atoms with Crippen molar-refractivity contribution in [2.45, 2.75) is 25.9 Å². The molecule has 0 unspecified atom stereocenters. The van der Waals surface area contributed by atoms with Crippen molar-refractivity contribution in [3.05, 3.63) is 70.4 Å². The lowest BCUT2D eigenvalue weighted by Gasteiger charge is -2.30. The fourth-order valence-corrected chi connectivity index (χ4v) is 3.95. The maximum atomic E-state index is 13.9. The van der Waals surface area contributed by atoms with Crippen molar-refractivity contribution in [1.29, 1.82) is 0 Å². The molecule has 1 saturated heterocycles. The standard InChI is InChI=1S/C22H22FN3O2S/c23-17-7-8-21(26-9-2-1-3-10-26)20(12-17)25-22(27)16-5-4-6-19(11-16)28-13-18-14-29-15-24-18/h4-8,11-12,14-15H,1-3,9-10,13H2,(H,25,27). The summed E-state index contributed by atoms with van der Waals surface area (Å²) in [5.74, 6) is -0.0875. The highest BCUT2D eigenvalue weighted by Crippen LogP contribution is 2.30. The molecule has 1 amide bonds. The van der Waals surface area contributed by atoms with Crippen molar-refractivity contribution in [2.75, 3.05) is 23.3 Å². The van der Waals surface area contributed by atoms with E-state index in [-0.39, 0.29) is 11.7 Å². The van der Waals surface area contributed by atoms with E-state index in [0.29, 0.717) is 23.6 Å². The third kappa shape index (κ3) is 4.92. The Balaban J connectivity index is 1.49. The van der Waals surface area contributed by atoms with E-state index in [9.17, 15) is 9.18 Å². The van der Waals surface area contributed by atoms with Crippen LogP contribution in [0.4, 0.5) is 15.8 Å². The van der Waals surface area contributed by atoms with Gasteiger partial charge in [0, 0.05) is 24.0 Å². The molecule has 2 heterocycles. The van der Waals surface area contributed by atoms with E-state index in [0.717, 1.165) is 37.3 Å². The SMILES string of the molecule is O=C(Nc1cc(F)ccc1N1CCCCC1)c1cccc(OCc2cscn2)c1. The molecular weight excluding hydrogens is 389 g/mol. The highest BCUT2D eigenvalue weighted by molar-refractivity contribution is 7.07. The second kappa shape index (κ2) is 9.05. The zero-order valence-corrected chi connectivity index (χ0v) is 16.8. The molecule has 5 nitrogen and oxygen atoms in total. The quantitative estimate of drug-likeness (QED) is 0.613. The predicted octanol–water partition coefficient (Wildman–Crippen LogP) is 5.10. The first kappa shape index (κ1) is 19.4. The largest absolute Gasteiger partial charge is 0.487 e. The lowest BCUT2D eigenvalue weighted by atomic mass is 10.1. The summed E-state index contributed by atoms with van der Waals surface area (Å²) in [6.07, 6.45) is 3.40. The number of carbonyl (C=O) groups is 1. The maximum Gasteiger partial charge on any atom is 0.255 e. The molecule has 0 aliphatic carbocycles. The van der Waals surface area contributed by atoms with Gasteiger partial charge in [-0.15, -0.1) is 11.3 Å². The van der Waals surface area contributed by atoms with Crippen molar-refractivity contribution >= 4 is 28.6 Å². The fourth-order valence-electron chi connectivity index (χ4n) is 3.41. The average Bonchev–Trinajstić information content (AvgIpc) is 3.27. The number of thiazole rings is 1. The Morgan fingerprint density at radius 1 is 1.17 bits per heavy atom. The number of amides is 1. The minimum Gasteiger partial charge on any atom is -0.487 e. The Morgan fingerprint density at radius 3 is 2.83 bits per heavy atom. The molecule has 1 aliphatic rings. The predicted molar refractivity (Wildman–Crippen MR) is 113 cm³/mol. The topological polar surface area (TPSA) is 54.5 Å². The Hall–Kier alpha value is -2.93. The number of anilines is 2. The number of hydrogen-bond donors (Lipinski definition) is 1. The molecule has 0 saturated carbocycles.